The summed E-state index contributed by atoms with van der Waals surface area (Å²) in [5, 5.41) is 7.53. The lowest BCUT2D eigenvalue weighted by Gasteiger charge is -2.19. The number of aryl methyl sites for hydroxylation is 1. The first kappa shape index (κ1) is 15.5. The molecule has 7 heteroatoms. The van der Waals surface area contributed by atoms with Crippen molar-refractivity contribution in [1.82, 2.24) is 14.7 Å². The predicted octanol–water partition coefficient (Wildman–Crippen LogP) is 2.00. The van der Waals surface area contributed by atoms with Crippen molar-refractivity contribution in [2.24, 2.45) is 7.05 Å². The highest BCUT2D eigenvalue weighted by Crippen LogP contribution is 2.34. The normalized spacial score (nSPS) is 16.9. The van der Waals surface area contributed by atoms with Crippen LogP contribution in [0.25, 0.3) is 0 Å². The van der Waals surface area contributed by atoms with Gasteiger partial charge in [-0.05, 0) is 6.07 Å². The molecule has 0 spiro atoms. The van der Waals surface area contributed by atoms with E-state index in [1.807, 2.05) is 37.0 Å². The number of aromatic nitrogens is 2. The Balaban J connectivity index is 1.43. The van der Waals surface area contributed by atoms with E-state index >= 15 is 0 Å². The molecule has 0 bridgehead atoms. The number of carbonyl (C=O) groups is 1. The summed E-state index contributed by atoms with van der Waals surface area (Å²) >= 11 is 1.84. The first-order valence-corrected chi connectivity index (χ1v) is 9.21. The van der Waals surface area contributed by atoms with Crippen LogP contribution in [-0.4, -0.2) is 40.3 Å². The van der Waals surface area contributed by atoms with E-state index in [4.69, 9.17) is 4.74 Å². The van der Waals surface area contributed by atoms with Gasteiger partial charge in [0.15, 0.2) is 0 Å². The van der Waals surface area contributed by atoms with Crippen molar-refractivity contribution in [3.05, 3.63) is 41.1 Å². The van der Waals surface area contributed by atoms with Crippen LogP contribution < -0.4 is 10.1 Å². The van der Waals surface area contributed by atoms with Crippen molar-refractivity contribution >= 4 is 23.5 Å². The fourth-order valence-corrected chi connectivity index (χ4v) is 4.22. The molecular weight excluding hydrogens is 324 g/mol. The number of hydrogen-bond acceptors (Lipinski definition) is 5. The van der Waals surface area contributed by atoms with Gasteiger partial charge < -0.3 is 10.1 Å². The molecule has 1 aromatic heterocycles. The fourth-order valence-electron chi connectivity index (χ4n) is 3.19. The molecule has 2 aliphatic rings. The Morgan fingerprint density at radius 3 is 3.17 bits per heavy atom. The Morgan fingerprint density at radius 1 is 1.38 bits per heavy atom. The molecule has 0 saturated heterocycles. The number of carbonyl (C=O) groups excluding carboxylic acids is 1. The van der Waals surface area contributed by atoms with Crippen LogP contribution in [0.15, 0.2) is 24.3 Å². The van der Waals surface area contributed by atoms with Crippen LogP contribution in [0.5, 0.6) is 5.75 Å². The molecule has 0 aliphatic carbocycles. The highest BCUT2D eigenvalue weighted by Gasteiger charge is 2.23. The lowest BCUT2D eigenvalue weighted by molar-refractivity contribution is -0.117. The standard InChI is InChI=1S/C17H20N4O2S/c1-20-17(13-10-24-11-14(13)19-20)18-16(22)9-21-6-7-23-15-5-3-2-4-12(15)8-21/h2-5H,6-11H2,1H3,(H,18,22). The summed E-state index contributed by atoms with van der Waals surface area (Å²) in [4.78, 5) is 14.6. The summed E-state index contributed by atoms with van der Waals surface area (Å²) in [5.74, 6) is 3.61. The molecule has 1 aromatic carbocycles. The molecule has 1 N–H and O–H groups in total. The number of nitrogens with one attached hydrogen (secondary N) is 1. The summed E-state index contributed by atoms with van der Waals surface area (Å²) in [6.45, 7) is 2.41. The topological polar surface area (TPSA) is 59.4 Å². The third-order valence-electron chi connectivity index (χ3n) is 4.37. The maximum atomic E-state index is 12.5. The van der Waals surface area contributed by atoms with Crippen LogP contribution >= 0.6 is 11.8 Å². The number of ether oxygens (including phenoxy) is 1. The zero-order valence-corrected chi connectivity index (χ0v) is 14.4. The highest BCUT2D eigenvalue weighted by molar-refractivity contribution is 7.98. The Labute approximate surface area is 145 Å². The second-order valence-corrected chi connectivity index (χ2v) is 7.09. The quantitative estimate of drug-likeness (QED) is 0.923. The van der Waals surface area contributed by atoms with Gasteiger partial charge in [-0.3, -0.25) is 14.4 Å². The van der Waals surface area contributed by atoms with Crippen molar-refractivity contribution in [2.75, 3.05) is 25.0 Å². The number of rotatable bonds is 3. The summed E-state index contributed by atoms with van der Waals surface area (Å²) in [6, 6.07) is 8.01. The minimum absolute atomic E-state index is 0.00270. The van der Waals surface area contributed by atoms with Gasteiger partial charge in [0.1, 0.15) is 18.2 Å². The van der Waals surface area contributed by atoms with Crippen molar-refractivity contribution in [1.29, 1.82) is 0 Å². The summed E-state index contributed by atoms with van der Waals surface area (Å²) in [7, 11) is 1.88. The van der Waals surface area contributed by atoms with Crippen LogP contribution in [0.2, 0.25) is 0 Å². The third kappa shape index (κ3) is 3.01. The van der Waals surface area contributed by atoms with Gasteiger partial charge in [-0.15, -0.1) is 0 Å². The molecule has 6 nitrogen and oxygen atoms in total. The van der Waals surface area contributed by atoms with Crippen LogP contribution in [0.3, 0.4) is 0 Å². The molecule has 0 atom stereocenters. The second-order valence-electron chi connectivity index (χ2n) is 6.11. The van der Waals surface area contributed by atoms with Gasteiger partial charge in [-0.1, -0.05) is 18.2 Å². The zero-order chi connectivity index (χ0) is 16.5. The van der Waals surface area contributed by atoms with Gasteiger partial charge in [0, 0.05) is 42.8 Å². The van der Waals surface area contributed by atoms with Crippen LogP contribution in [0.1, 0.15) is 16.8 Å². The Hall–Kier alpha value is -1.99. The molecule has 126 valence electrons. The van der Waals surface area contributed by atoms with E-state index < -0.39 is 0 Å². The van der Waals surface area contributed by atoms with E-state index in [0.29, 0.717) is 13.2 Å². The lowest BCUT2D eigenvalue weighted by Crippen LogP contribution is -2.34. The number of hydrogen-bond donors (Lipinski definition) is 1. The summed E-state index contributed by atoms with van der Waals surface area (Å²) in [6.07, 6.45) is 0. The maximum absolute atomic E-state index is 12.5. The molecule has 2 aromatic rings. The van der Waals surface area contributed by atoms with Gasteiger partial charge in [0.25, 0.3) is 0 Å². The van der Waals surface area contributed by atoms with Crippen molar-refractivity contribution in [3.63, 3.8) is 0 Å². The Kier molecular flexibility index (Phi) is 4.20. The van der Waals surface area contributed by atoms with Crippen LogP contribution in [0.4, 0.5) is 5.82 Å². The molecule has 4 rings (SSSR count). The highest BCUT2D eigenvalue weighted by atomic mass is 32.2. The molecule has 24 heavy (non-hydrogen) atoms. The van der Waals surface area contributed by atoms with Gasteiger partial charge >= 0.3 is 0 Å². The molecule has 0 unspecified atom stereocenters. The fraction of sp³-hybridized carbons (Fsp3) is 0.412. The number of nitrogens with zero attached hydrogens (tertiary/aromatic N) is 3. The van der Waals surface area contributed by atoms with E-state index in [9.17, 15) is 4.79 Å². The van der Waals surface area contributed by atoms with Gasteiger partial charge in [-0.2, -0.15) is 16.9 Å². The summed E-state index contributed by atoms with van der Waals surface area (Å²) in [5.41, 5.74) is 3.39. The van der Waals surface area contributed by atoms with E-state index in [2.05, 4.69) is 21.4 Å². The van der Waals surface area contributed by atoms with Gasteiger partial charge in [-0.25, -0.2) is 0 Å². The van der Waals surface area contributed by atoms with E-state index in [0.717, 1.165) is 47.4 Å². The molecule has 0 fully saturated rings. The zero-order valence-electron chi connectivity index (χ0n) is 13.6. The van der Waals surface area contributed by atoms with Crippen LogP contribution in [0, 0.1) is 0 Å². The minimum Gasteiger partial charge on any atom is -0.492 e. The SMILES string of the molecule is Cn1nc2c(c1NC(=O)CN1CCOc3ccccc3C1)CSC2. The van der Waals surface area contributed by atoms with E-state index in [-0.39, 0.29) is 5.91 Å². The average molecular weight is 344 g/mol. The number of fused-ring (bicyclic) bond motifs is 2. The molecule has 0 saturated carbocycles. The first-order valence-electron chi connectivity index (χ1n) is 8.06. The van der Waals surface area contributed by atoms with Crippen molar-refractivity contribution in [2.45, 2.75) is 18.1 Å². The molecule has 3 heterocycles. The van der Waals surface area contributed by atoms with Crippen LogP contribution in [-0.2, 0) is 29.9 Å². The van der Waals surface area contributed by atoms with E-state index in [1.54, 1.807) is 4.68 Å². The van der Waals surface area contributed by atoms with Gasteiger partial charge in [0.2, 0.25) is 5.91 Å². The maximum Gasteiger partial charge on any atom is 0.239 e. The third-order valence-corrected chi connectivity index (χ3v) is 5.34. The number of thioether (sulfide) groups is 1. The summed E-state index contributed by atoms with van der Waals surface area (Å²) < 4.78 is 7.54. The first-order chi connectivity index (χ1) is 11.7. The minimum atomic E-state index is -0.00270. The predicted molar refractivity (Wildman–Crippen MR) is 94.1 cm³/mol. The second kappa shape index (κ2) is 6.49. The van der Waals surface area contributed by atoms with Crippen molar-refractivity contribution < 1.29 is 9.53 Å². The Morgan fingerprint density at radius 2 is 2.25 bits per heavy atom. The average Bonchev–Trinajstić information content (AvgIpc) is 3.04. The number of benzene rings is 1. The van der Waals surface area contributed by atoms with Crippen molar-refractivity contribution in [3.8, 4) is 5.75 Å². The Bertz CT molecular complexity index is 774. The van der Waals surface area contributed by atoms with Gasteiger partial charge in [0.05, 0.1) is 12.2 Å². The molecule has 0 radical (unpaired) electrons. The van der Waals surface area contributed by atoms with E-state index in [1.165, 1.54) is 5.56 Å². The number of anilines is 1. The lowest BCUT2D eigenvalue weighted by atomic mass is 10.2. The molecule has 2 aliphatic heterocycles. The molecule has 1 amide bonds. The largest absolute Gasteiger partial charge is 0.492 e. The number of amides is 1. The smallest absolute Gasteiger partial charge is 0.239 e. The number of para-hydroxylation sites is 1. The monoisotopic (exact) mass is 344 g/mol. The molecular formula is C17H20N4O2S.